The fourth-order valence-corrected chi connectivity index (χ4v) is 4.48. The van der Waals surface area contributed by atoms with Crippen LogP contribution in [-0.4, -0.2) is 26.4 Å². The highest BCUT2D eigenvalue weighted by molar-refractivity contribution is 4.77. The molecule has 2 saturated carbocycles. The van der Waals surface area contributed by atoms with Crippen molar-refractivity contribution in [3.63, 3.8) is 0 Å². The third-order valence-corrected chi connectivity index (χ3v) is 6.09. The van der Waals surface area contributed by atoms with Crippen molar-refractivity contribution in [2.45, 2.75) is 64.2 Å². The van der Waals surface area contributed by atoms with Crippen LogP contribution in [0.1, 0.15) is 64.2 Å². The molecule has 0 amide bonds. The van der Waals surface area contributed by atoms with Crippen molar-refractivity contribution >= 4 is 0 Å². The van der Waals surface area contributed by atoms with Crippen LogP contribution in [0.4, 0.5) is 0 Å². The summed E-state index contributed by atoms with van der Waals surface area (Å²) in [7, 11) is 0. The van der Waals surface area contributed by atoms with Crippen LogP contribution in [0.2, 0.25) is 0 Å². The quantitative estimate of drug-likeness (QED) is 0.352. The molecule has 2 aliphatic rings. The van der Waals surface area contributed by atoms with Gasteiger partial charge in [0.25, 0.3) is 0 Å². The normalized spacial score (nSPS) is 30.8. The van der Waals surface area contributed by atoms with Gasteiger partial charge in [0, 0.05) is 13.2 Å². The molecule has 2 fully saturated rings. The van der Waals surface area contributed by atoms with Gasteiger partial charge in [0.1, 0.15) is 0 Å². The van der Waals surface area contributed by atoms with Crippen molar-refractivity contribution < 1.29 is 9.47 Å². The third-order valence-electron chi connectivity index (χ3n) is 6.09. The van der Waals surface area contributed by atoms with Gasteiger partial charge in [-0.15, -0.1) is 13.2 Å². The van der Waals surface area contributed by atoms with Gasteiger partial charge < -0.3 is 9.47 Å². The number of hydrogen-bond acceptors (Lipinski definition) is 2. The predicted octanol–water partition coefficient (Wildman–Crippen LogP) is 5.78. The van der Waals surface area contributed by atoms with Gasteiger partial charge in [0.15, 0.2) is 0 Å². The van der Waals surface area contributed by atoms with Gasteiger partial charge in [-0.25, -0.2) is 0 Å². The topological polar surface area (TPSA) is 18.5 Å². The summed E-state index contributed by atoms with van der Waals surface area (Å²) in [6.07, 6.45) is 17.8. The van der Waals surface area contributed by atoms with Crippen LogP contribution in [0.25, 0.3) is 0 Å². The molecule has 2 aliphatic carbocycles. The molecule has 0 heterocycles. The predicted molar refractivity (Wildman–Crippen MR) is 102 cm³/mol. The van der Waals surface area contributed by atoms with Gasteiger partial charge >= 0.3 is 0 Å². The summed E-state index contributed by atoms with van der Waals surface area (Å²) in [6.45, 7) is 10.7. The van der Waals surface area contributed by atoms with Crippen molar-refractivity contribution in [1.82, 2.24) is 0 Å². The molecule has 0 saturated heterocycles. The van der Waals surface area contributed by atoms with Crippen LogP contribution in [0.15, 0.2) is 25.3 Å². The molecule has 0 aliphatic heterocycles. The second-order valence-corrected chi connectivity index (χ2v) is 8.00. The van der Waals surface area contributed by atoms with Gasteiger partial charge in [-0.2, -0.15) is 0 Å². The molecule has 0 bridgehead atoms. The first-order valence-corrected chi connectivity index (χ1v) is 10.2. The molecule has 0 spiro atoms. The molecule has 0 N–H and O–H groups in total. The van der Waals surface area contributed by atoms with Crippen molar-refractivity contribution in [3.8, 4) is 0 Å². The third kappa shape index (κ3) is 7.53. The van der Waals surface area contributed by atoms with Gasteiger partial charge in [0.05, 0.1) is 13.2 Å². The van der Waals surface area contributed by atoms with Crippen molar-refractivity contribution in [3.05, 3.63) is 25.3 Å². The molecule has 0 aromatic rings. The van der Waals surface area contributed by atoms with Crippen LogP contribution >= 0.6 is 0 Å². The summed E-state index contributed by atoms with van der Waals surface area (Å²) in [5.74, 6) is 3.56. The lowest BCUT2D eigenvalue weighted by Gasteiger charge is -2.31. The van der Waals surface area contributed by atoms with E-state index in [-0.39, 0.29) is 0 Å². The number of rotatable bonds is 11. The summed E-state index contributed by atoms with van der Waals surface area (Å²) < 4.78 is 11.2. The highest BCUT2D eigenvalue weighted by atomic mass is 16.5. The van der Waals surface area contributed by atoms with E-state index in [1.54, 1.807) is 0 Å². The van der Waals surface area contributed by atoms with Crippen molar-refractivity contribution in [2.24, 2.45) is 23.7 Å². The maximum atomic E-state index is 5.62. The summed E-state index contributed by atoms with van der Waals surface area (Å²) in [5.41, 5.74) is 0. The summed E-state index contributed by atoms with van der Waals surface area (Å²) in [6, 6.07) is 0. The zero-order valence-electron chi connectivity index (χ0n) is 15.6. The lowest BCUT2D eigenvalue weighted by Crippen LogP contribution is -2.21. The average molecular weight is 335 g/mol. The standard InChI is InChI=1S/C22H38O2/c1-3-15-23-17-21-11-7-19(8-12-21)5-6-20-9-13-22(14-10-20)18-24-16-4-2/h3-4,19-22H,1-2,5-18H2/t19-,20-,21-,22-. The lowest BCUT2D eigenvalue weighted by molar-refractivity contribution is 0.0878. The Hall–Kier alpha value is -0.600. The summed E-state index contributed by atoms with van der Waals surface area (Å²) >= 11 is 0. The van der Waals surface area contributed by atoms with Gasteiger partial charge in [-0.1, -0.05) is 50.7 Å². The van der Waals surface area contributed by atoms with Gasteiger partial charge in [-0.3, -0.25) is 0 Å². The molecular weight excluding hydrogens is 296 g/mol. The van der Waals surface area contributed by atoms with Gasteiger partial charge in [-0.05, 0) is 49.4 Å². The minimum Gasteiger partial charge on any atom is -0.377 e. The molecule has 0 aromatic heterocycles. The Kier molecular flexibility index (Phi) is 9.75. The Morgan fingerprint density at radius 1 is 0.583 bits per heavy atom. The Bertz CT molecular complexity index is 302. The fourth-order valence-electron chi connectivity index (χ4n) is 4.48. The molecule has 2 rings (SSSR count). The summed E-state index contributed by atoms with van der Waals surface area (Å²) in [5, 5.41) is 0. The first kappa shape index (κ1) is 19.7. The minimum absolute atomic E-state index is 0.710. The van der Waals surface area contributed by atoms with E-state index in [9.17, 15) is 0 Å². The Morgan fingerprint density at radius 3 is 1.25 bits per heavy atom. The van der Waals surface area contributed by atoms with Crippen LogP contribution in [0.3, 0.4) is 0 Å². The largest absolute Gasteiger partial charge is 0.377 e. The number of ether oxygens (including phenoxy) is 2. The van der Waals surface area contributed by atoms with Crippen LogP contribution in [0.5, 0.6) is 0 Å². The van der Waals surface area contributed by atoms with E-state index in [4.69, 9.17) is 9.47 Å². The fraction of sp³-hybridized carbons (Fsp3) is 0.818. The second kappa shape index (κ2) is 11.9. The van der Waals surface area contributed by atoms with E-state index in [2.05, 4.69) is 13.2 Å². The molecule has 2 heteroatoms. The molecule has 0 unspecified atom stereocenters. The monoisotopic (exact) mass is 334 g/mol. The highest BCUT2D eigenvalue weighted by Gasteiger charge is 2.24. The molecule has 0 aromatic carbocycles. The van der Waals surface area contributed by atoms with E-state index in [0.717, 1.165) is 36.9 Å². The minimum atomic E-state index is 0.710. The molecule has 138 valence electrons. The van der Waals surface area contributed by atoms with E-state index in [1.165, 1.54) is 64.2 Å². The molecular formula is C22H38O2. The highest BCUT2D eigenvalue weighted by Crippen LogP contribution is 2.36. The first-order chi connectivity index (χ1) is 11.8. The van der Waals surface area contributed by atoms with Crippen LogP contribution in [-0.2, 0) is 9.47 Å². The van der Waals surface area contributed by atoms with Crippen LogP contribution < -0.4 is 0 Å². The maximum absolute atomic E-state index is 5.62. The number of hydrogen-bond donors (Lipinski definition) is 0. The molecule has 0 atom stereocenters. The zero-order chi connectivity index (χ0) is 17.0. The van der Waals surface area contributed by atoms with Crippen LogP contribution in [0, 0.1) is 23.7 Å². The lowest BCUT2D eigenvalue weighted by atomic mass is 9.76. The van der Waals surface area contributed by atoms with E-state index >= 15 is 0 Å². The molecule has 2 nitrogen and oxygen atoms in total. The zero-order valence-corrected chi connectivity index (χ0v) is 15.6. The Labute approximate surface area is 149 Å². The first-order valence-electron chi connectivity index (χ1n) is 10.2. The second-order valence-electron chi connectivity index (χ2n) is 8.00. The van der Waals surface area contributed by atoms with Crippen molar-refractivity contribution in [2.75, 3.05) is 26.4 Å². The smallest absolute Gasteiger partial charge is 0.0644 e. The average Bonchev–Trinajstić information content (AvgIpc) is 2.63. The maximum Gasteiger partial charge on any atom is 0.0644 e. The molecule has 0 radical (unpaired) electrons. The summed E-state index contributed by atoms with van der Waals surface area (Å²) in [4.78, 5) is 0. The molecule has 24 heavy (non-hydrogen) atoms. The Morgan fingerprint density at radius 2 is 0.917 bits per heavy atom. The van der Waals surface area contributed by atoms with E-state index in [0.29, 0.717) is 13.2 Å². The SMILES string of the molecule is C=CCOC[C@H]1CC[C@H](CC[C@H]2CC[C@H](COCC=C)CC2)CC1. The van der Waals surface area contributed by atoms with Crippen molar-refractivity contribution in [1.29, 1.82) is 0 Å². The van der Waals surface area contributed by atoms with E-state index in [1.807, 2.05) is 12.2 Å². The Balaban J connectivity index is 1.51. The van der Waals surface area contributed by atoms with E-state index < -0.39 is 0 Å². The van der Waals surface area contributed by atoms with Gasteiger partial charge in [0.2, 0.25) is 0 Å².